The number of quaternary nitrogens is 1. The number of hydrogen-bond donors (Lipinski definition) is 1. The molecule has 0 rings (SSSR count). The Bertz CT molecular complexity index is 401. The van der Waals surface area contributed by atoms with Crippen molar-refractivity contribution in [1.82, 2.24) is 0 Å². The van der Waals surface area contributed by atoms with E-state index in [2.05, 4.69) is 14.5 Å². The summed E-state index contributed by atoms with van der Waals surface area (Å²) in [5.41, 5.74) is 0. The molecule has 0 aliphatic heterocycles. The van der Waals surface area contributed by atoms with Gasteiger partial charge in [-0.3, -0.25) is 4.59 Å². The zero-order chi connectivity index (χ0) is 20.6. The first-order valence-electron chi connectivity index (χ1n) is 6.34. The van der Waals surface area contributed by atoms with Crippen LogP contribution in [0, 0.1) is 30.3 Å². The van der Waals surface area contributed by atoms with Gasteiger partial charge in [-0.15, -0.1) is 30.3 Å². The topological polar surface area (TPSA) is 223 Å². The highest BCUT2D eigenvalue weighted by Crippen LogP contribution is 1.96. The Morgan fingerprint density at radius 1 is 1.00 bits per heavy atom. The molecular weight excluding hydrogens is 354 g/mol. The van der Waals surface area contributed by atoms with Crippen LogP contribution in [-0.2, 0) is 19.3 Å². The van der Waals surface area contributed by atoms with E-state index in [1.807, 2.05) is 21.1 Å². The van der Waals surface area contributed by atoms with Crippen molar-refractivity contribution in [3.05, 3.63) is 30.3 Å². The van der Waals surface area contributed by atoms with Gasteiger partial charge in [-0.2, -0.15) is 5.84 Å². The molecule has 2 N–H and O–H groups in total. The van der Waals surface area contributed by atoms with Crippen molar-refractivity contribution < 1.29 is 44.3 Å². The summed E-state index contributed by atoms with van der Waals surface area (Å²) in [6, 6.07) is 0. The van der Waals surface area contributed by atoms with Gasteiger partial charge in [0.25, 0.3) is 15.3 Å². The summed E-state index contributed by atoms with van der Waals surface area (Å²) >= 11 is 0. The van der Waals surface area contributed by atoms with E-state index in [4.69, 9.17) is 5.84 Å². The predicted octanol–water partition coefficient (Wildman–Crippen LogP) is -2.31. The van der Waals surface area contributed by atoms with Gasteiger partial charge >= 0.3 is 0 Å². The standard InChI is InChI=1S/C3H5N3O9.C3H11N2.C3H6O2/c7-4(8)13-1-3(15-6(11)12)2-14-5(9)10;1-5(2,3)4;1-2-3(4)5/h3H,1-2H2;4H2,1-3H3;2H2,1H3,(H,4,5)/q;+1;/p-1. The average Bonchev–Trinajstić information content (AvgIpc) is 2.39. The van der Waals surface area contributed by atoms with Crippen LogP contribution in [0.5, 0.6) is 0 Å². The number of carboxylic acids is 1. The summed E-state index contributed by atoms with van der Waals surface area (Å²) in [5, 5.41) is 34.8. The Balaban J connectivity index is -0.000000396. The summed E-state index contributed by atoms with van der Waals surface area (Å²) < 4.78 is 0.500. The van der Waals surface area contributed by atoms with Crippen LogP contribution >= 0.6 is 0 Å². The summed E-state index contributed by atoms with van der Waals surface area (Å²) in [7, 11) is 5.71. The Morgan fingerprint density at radius 3 is 1.44 bits per heavy atom. The Labute approximate surface area is 141 Å². The van der Waals surface area contributed by atoms with E-state index in [1.165, 1.54) is 6.92 Å². The molecule has 16 nitrogen and oxygen atoms in total. The molecule has 0 heterocycles. The fraction of sp³-hybridized carbons (Fsp3) is 0.889. The van der Waals surface area contributed by atoms with E-state index >= 15 is 0 Å². The normalized spacial score (nSPS) is 9.52. The van der Waals surface area contributed by atoms with Crippen LogP contribution in [0.15, 0.2) is 0 Å². The van der Waals surface area contributed by atoms with Gasteiger partial charge in [0.1, 0.15) is 13.2 Å². The van der Waals surface area contributed by atoms with Gasteiger partial charge in [-0.05, 0) is 6.42 Å². The van der Waals surface area contributed by atoms with Crippen LogP contribution in [0.3, 0.4) is 0 Å². The zero-order valence-corrected chi connectivity index (χ0v) is 14.1. The zero-order valence-electron chi connectivity index (χ0n) is 14.1. The minimum Gasteiger partial charge on any atom is -0.550 e. The largest absolute Gasteiger partial charge is 0.550 e. The summed E-state index contributed by atoms with van der Waals surface area (Å²) in [6.07, 6.45) is -1.43. The molecule has 0 aliphatic rings. The van der Waals surface area contributed by atoms with Crippen LogP contribution in [0.4, 0.5) is 0 Å². The molecule has 0 aliphatic carbocycles. The lowest BCUT2D eigenvalue weighted by atomic mass is 10.4. The maximum Gasteiger partial charge on any atom is 0.294 e. The van der Waals surface area contributed by atoms with E-state index < -0.39 is 40.5 Å². The van der Waals surface area contributed by atoms with Gasteiger partial charge in [0.05, 0.1) is 21.1 Å². The second kappa shape index (κ2) is 14.6. The number of carbonyl (C=O) groups excluding carboxylic acids is 1. The van der Waals surface area contributed by atoms with Crippen LogP contribution in [0.2, 0.25) is 0 Å². The first-order chi connectivity index (χ1) is 11.2. The molecule has 16 heteroatoms. The lowest BCUT2D eigenvalue weighted by molar-refractivity contribution is -0.882. The SMILES string of the molecule is CCC(=O)[O-].C[N+](C)(C)N.O=[N+]([O-])OCC(CO[N+](=O)[O-])O[N+](=O)[O-]. The smallest absolute Gasteiger partial charge is 0.294 e. The van der Waals surface area contributed by atoms with Crippen LogP contribution in [0.1, 0.15) is 13.3 Å². The molecule has 25 heavy (non-hydrogen) atoms. The number of aliphatic carboxylic acids is 1. The average molecular weight is 375 g/mol. The number of nitrogens with two attached hydrogens (primary N) is 1. The van der Waals surface area contributed by atoms with Crippen molar-refractivity contribution in [3.63, 3.8) is 0 Å². The monoisotopic (exact) mass is 375 g/mol. The van der Waals surface area contributed by atoms with Crippen LogP contribution in [0.25, 0.3) is 0 Å². The minimum absolute atomic E-state index is 0.111. The maximum atomic E-state index is 9.83. The molecule has 148 valence electrons. The molecule has 0 amide bonds. The highest BCUT2D eigenvalue weighted by Gasteiger charge is 2.17. The minimum atomic E-state index is -1.55. The summed E-state index contributed by atoms with van der Waals surface area (Å²) in [5.74, 6) is 4.30. The lowest BCUT2D eigenvalue weighted by Gasteiger charge is -2.12. The Kier molecular flexibility index (Phi) is 15.7. The molecule has 0 bridgehead atoms. The van der Waals surface area contributed by atoms with Gasteiger partial charge in [-0.1, -0.05) is 6.92 Å². The van der Waals surface area contributed by atoms with Gasteiger partial charge < -0.3 is 24.4 Å². The second-order valence-corrected chi connectivity index (χ2v) is 4.83. The maximum absolute atomic E-state index is 9.83. The number of rotatable bonds is 9. The molecule has 0 atom stereocenters. The van der Waals surface area contributed by atoms with Crippen molar-refractivity contribution in [2.45, 2.75) is 19.4 Å². The summed E-state index contributed by atoms with van der Waals surface area (Å²) in [4.78, 5) is 49.8. The van der Waals surface area contributed by atoms with E-state index in [0.717, 1.165) is 0 Å². The third-order valence-electron chi connectivity index (χ3n) is 1.26. The second-order valence-electron chi connectivity index (χ2n) is 4.83. The third kappa shape index (κ3) is 44.9. The molecule has 0 spiro atoms. The van der Waals surface area contributed by atoms with Crippen LogP contribution < -0.4 is 10.9 Å². The molecule has 0 unspecified atom stereocenters. The van der Waals surface area contributed by atoms with Gasteiger partial charge in [0.15, 0.2) is 6.10 Å². The van der Waals surface area contributed by atoms with Crippen molar-refractivity contribution in [1.29, 1.82) is 0 Å². The molecule has 0 saturated carbocycles. The van der Waals surface area contributed by atoms with Crippen LogP contribution in [-0.4, -0.2) is 66.3 Å². The Hall–Kier alpha value is -3.01. The first-order valence-corrected chi connectivity index (χ1v) is 6.34. The number of hydrogen-bond acceptors (Lipinski definition) is 12. The molecular formula is C9H21N5O11. The fourth-order valence-electron chi connectivity index (χ4n) is 0.519. The lowest BCUT2D eigenvalue weighted by Crippen LogP contribution is -2.41. The molecule has 0 aromatic carbocycles. The molecule has 0 fully saturated rings. The first kappa shape index (κ1) is 26.9. The van der Waals surface area contributed by atoms with E-state index in [9.17, 15) is 40.2 Å². The van der Waals surface area contributed by atoms with Gasteiger partial charge in [0.2, 0.25) is 0 Å². The number of carboxylic acid groups (broad SMARTS) is 1. The molecule has 0 saturated heterocycles. The summed E-state index contributed by atoms with van der Waals surface area (Å²) in [6.45, 7) is -0.154. The fourth-order valence-corrected chi connectivity index (χ4v) is 0.519. The van der Waals surface area contributed by atoms with Crippen molar-refractivity contribution in [2.24, 2.45) is 5.84 Å². The van der Waals surface area contributed by atoms with Gasteiger partial charge in [0, 0.05) is 5.97 Å². The number of nitrogens with zero attached hydrogens (tertiary/aromatic N) is 4. The molecule has 0 radical (unpaired) electrons. The van der Waals surface area contributed by atoms with Crippen molar-refractivity contribution >= 4 is 5.97 Å². The highest BCUT2D eigenvalue weighted by molar-refractivity contribution is 5.63. The predicted molar refractivity (Wildman–Crippen MR) is 75.3 cm³/mol. The van der Waals surface area contributed by atoms with E-state index in [0.29, 0.717) is 4.59 Å². The molecule has 0 aromatic rings. The van der Waals surface area contributed by atoms with E-state index in [1.54, 1.807) is 0 Å². The number of carbonyl (C=O) groups is 1. The Morgan fingerprint density at radius 2 is 1.28 bits per heavy atom. The van der Waals surface area contributed by atoms with Crippen molar-refractivity contribution in [3.8, 4) is 0 Å². The third-order valence-corrected chi connectivity index (χ3v) is 1.26. The highest BCUT2D eigenvalue weighted by atomic mass is 17.0. The molecule has 0 aromatic heterocycles. The van der Waals surface area contributed by atoms with Crippen molar-refractivity contribution in [2.75, 3.05) is 34.4 Å². The van der Waals surface area contributed by atoms with Gasteiger partial charge in [-0.25, -0.2) is 0 Å². The quantitative estimate of drug-likeness (QED) is 0.194. The van der Waals surface area contributed by atoms with E-state index in [-0.39, 0.29) is 6.42 Å².